The first-order chi connectivity index (χ1) is 15.5. The molecule has 178 valence electrons. The summed E-state index contributed by atoms with van der Waals surface area (Å²) in [5.41, 5.74) is 0.281. The first-order valence-electron chi connectivity index (χ1n) is 10.1. The molecule has 1 aliphatic heterocycles. The van der Waals surface area contributed by atoms with Gasteiger partial charge in [-0.1, -0.05) is 24.3 Å². The fraction of sp³-hybridized carbons (Fsp3) is 0.333. The number of amides is 1. The molecule has 3 rings (SSSR count). The molecule has 0 aromatic heterocycles. The van der Waals surface area contributed by atoms with Crippen molar-refractivity contribution in [2.45, 2.75) is 17.9 Å². The number of hydrogen-bond donors (Lipinski definition) is 1. The van der Waals surface area contributed by atoms with Gasteiger partial charge >= 0.3 is 5.97 Å². The van der Waals surface area contributed by atoms with Crippen LogP contribution in [0.15, 0.2) is 59.5 Å². The van der Waals surface area contributed by atoms with Gasteiger partial charge in [-0.2, -0.15) is 4.31 Å². The summed E-state index contributed by atoms with van der Waals surface area (Å²) < 4.78 is 57.0. The van der Waals surface area contributed by atoms with Crippen LogP contribution in [0.4, 0.5) is 5.69 Å². The van der Waals surface area contributed by atoms with Gasteiger partial charge in [0.15, 0.2) is 6.10 Å². The third-order valence-corrected chi connectivity index (χ3v) is 7.48. The maximum Gasteiger partial charge on any atom is 0.338 e. The number of benzene rings is 2. The molecule has 0 spiro atoms. The Morgan fingerprint density at radius 2 is 1.58 bits per heavy atom. The van der Waals surface area contributed by atoms with Crippen molar-refractivity contribution in [1.82, 2.24) is 9.21 Å². The lowest BCUT2D eigenvalue weighted by molar-refractivity contribution is -0.141. The quantitative estimate of drug-likeness (QED) is 0.570. The maximum atomic E-state index is 12.7. The van der Waals surface area contributed by atoms with Crippen LogP contribution in [0.1, 0.15) is 17.3 Å². The molecule has 12 heteroatoms. The highest BCUT2D eigenvalue weighted by Gasteiger charge is 2.32. The standard InChI is InChI=1S/C21H25N3O7S2/c1-16(31-21(26)17-7-6-8-18(15-17)22-32(2,27)28)20(25)23-11-13-24(14-12-23)33(29,30)19-9-4-3-5-10-19/h3-10,15-16,22H,11-14H2,1-2H3/t16-/m1/s1. The Bertz CT molecular complexity index is 1220. The topological polar surface area (TPSA) is 130 Å². The van der Waals surface area contributed by atoms with E-state index >= 15 is 0 Å². The zero-order valence-electron chi connectivity index (χ0n) is 18.2. The zero-order chi connectivity index (χ0) is 24.2. The first kappa shape index (κ1) is 24.7. The summed E-state index contributed by atoms with van der Waals surface area (Å²) in [4.78, 5) is 26.8. The van der Waals surface area contributed by atoms with Crippen LogP contribution in [0.3, 0.4) is 0 Å². The maximum absolute atomic E-state index is 12.7. The van der Waals surface area contributed by atoms with Crippen molar-refractivity contribution < 1.29 is 31.2 Å². The summed E-state index contributed by atoms with van der Waals surface area (Å²) in [7, 11) is -7.16. The fourth-order valence-corrected chi connectivity index (χ4v) is 5.35. The van der Waals surface area contributed by atoms with E-state index in [0.29, 0.717) is 0 Å². The van der Waals surface area contributed by atoms with Gasteiger partial charge in [-0.3, -0.25) is 9.52 Å². The molecule has 2 aromatic rings. The van der Waals surface area contributed by atoms with Crippen molar-refractivity contribution in [1.29, 1.82) is 0 Å². The molecule has 33 heavy (non-hydrogen) atoms. The summed E-state index contributed by atoms with van der Waals surface area (Å²) in [5.74, 6) is -1.22. The van der Waals surface area contributed by atoms with Crippen LogP contribution >= 0.6 is 0 Å². The number of esters is 1. The van der Waals surface area contributed by atoms with E-state index in [-0.39, 0.29) is 42.3 Å². The molecular weight excluding hydrogens is 470 g/mol. The van der Waals surface area contributed by atoms with E-state index in [9.17, 15) is 26.4 Å². The minimum Gasteiger partial charge on any atom is -0.449 e. The van der Waals surface area contributed by atoms with Gasteiger partial charge in [-0.15, -0.1) is 0 Å². The van der Waals surface area contributed by atoms with Crippen molar-refractivity contribution in [3.05, 3.63) is 60.2 Å². The zero-order valence-corrected chi connectivity index (χ0v) is 19.8. The molecule has 1 N–H and O–H groups in total. The van der Waals surface area contributed by atoms with Crippen molar-refractivity contribution in [2.75, 3.05) is 37.2 Å². The second-order valence-corrected chi connectivity index (χ2v) is 11.2. The molecule has 1 atom stereocenters. The summed E-state index contributed by atoms with van der Waals surface area (Å²) in [6.45, 7) is 2.03. The van der Waals surface area contributed by atoms with E-state index in [1.54, 1.807) is 18.2 Å². The molecule has 1 aliphatic rings. The summed E-state index contributed by atoms with van der Waals surface area (Å²) in [6.07, 6.45) is -0.106. The van der Waals surface area contributed by atoms with E-state index in [1.807, 2.05) is 0 Å². The Morgan fingerprint density at radius 3 is 2.18 bits per heavy atom. The van der Waals surface area contributed by atoms with Crippen LogP contribution in [-0.2, 0) is 29.6 Å². The third-order valence-electron chi connectivity index (χ3n) is 4.96. The molecule has 0 unspecified atom stereocenters. The lowest BCUT2D eigenvalue weighted by atomic mass is 10.2. The van der Waals surface area contributed by atoms with Gasteiger partial charge in [-0.25, -0.2) is 21.6 Å². The van der Waals surface area contributed by atoms with E-state index in [1.165, 1.54) is 52.5 Å². The highest BCUT2D eigenvalue weighted by molar-refractivity contribution is 7.92. The molecule has 1 amide bonds. The summed E-state index contributed by atoms with van der Waals surface area (Å²) in [6, 6.07) is 13.8. The van der Waals surface area contributed by atoms with E-state index in [4.69, 9.17) is 4.74 Å². The Morgan fingerprint density at radius 1 is 0.939 bits per heavy atom. The van der Waals surface area contributed by atoms with Gasteiger partial charge in [0.05, 0.1) is 16.7 Å². The van der Waals surface area contributed by atoms with Crippen molar-refractivity contribution >= 4 is 37.6 Å². The molecule has 1 saturated heterocycles. The van der Waals surface area contributed by atoms with Crippen LogP contribution in [-0.4, -0.2) is 76.5 Å². The van der Waals surface area contributed by atoms with Gasteiger partial charge in [0.25, 0.3) is 5.91 Å². The predicted molar refractivity (Wildman–Crippen MR) is 122 cm³/mol. The number of hydrogen-bond acceptors (Lipinski definition) is 7. The second kappa shape index (κ2) is 9.89. The smallest absolute Gasteiger partial charge is 0.338 e. The number of piperazine rings is 1. The lowest BCUT2D eigenvalue weighted by Gasteiger charge is -2.35. The average molecular weight is 496 g/mol. The molecule has 2 aromatic carbocycles. The molecular formula is C21H25N3O7S2. The number of rotatable bonds is 7. The first-order valence-corrected chi connectivity index (χ1v) is 13.4. The predicted octanol–water partition coefficient (Wildman–Crippen LogP) is 1.14. The van der Waals surface area contributed by atoms with Gasteiger partial charge in [0.1, 0.15) is 0 Å². The fourth-order valence-electron chi connectivity index (χ4n) is 3.35. The van der Waals surface area contributed by atoms with Gasteiger partial charge in [-0.05, 0) is 37.3 Å². The lowest BCUT2D eigenvalue weighted by Crippen LogP contribution is -2.52. The Kier molecular flexibility index (Phi) is 7.40. The molecule has 10 nitrogen and oxygen atoms in total. The van der Waals surface area contributed by atoms with Crippen molar-refractivity contribution in [3.8, 4) is 0 Å². The molecule has 0 radical (unpaired) electrons. The Hall–Kier alpha value is -2.96. The number of anilines is 1. The number of carbonyl (C=O) groups is 2. The molecule has 0 saturated carbocycles. The summed E-state index contributed by atoms with van der Waals surface area (Å²) >= 11 is 0. The van der Waals surface area contributed by atoms with Gasteiger partial charge in [0.2, 0.25) is 20.0 Å². The van der Waals surface area contributed by atoms with Crippen LogP contribution in [0.25, 0.3) is 0 Å². The molecule has 1 fully saturated rings. The van der Waals surface area contributed by atoms with Crippen LogP contribution in [0, 0.1) is 0 Å². The average Bonchev–Trinajstić information content (AvgIpc) is 2.78. The van der Waals surface area contributed by atoms with Gasteiger partial charge in [0, 0.05) is 31.9 Å². The van der Waals surface area contributed by atoms with Crippen LogP contribution in [0.5, 0.6) is 0 Å². The molecule has 1 heterocycles. The molecule has 0 aliphatic carbocycles. The second-order valence-electron chi connectivity index (χ2n) is 7.54. The van der Waals surface area contributed by atoms with E-state index in [2.05, 4.69) is 4.72 Å². The Balaban J connectivity index is 1.58. The number of nitrogens with one attached hydrogen (secondary N) is 1. The SMILES string of the molecule is C[C@@H](OC(=O)c1cccc(NS(C)(=O)=O)c1)C(=O)N1CCN(S(=O)(=O)c2ccccc2)CC1. The van der Waals surface area contributed by atoms with E-state index in [0.717, 1.165) is 6.26 Å². The summed E-state index contributed by atoms with van der Waals surface area (Å²) in [5, 5.41) is 0. The Labute approximate surface area is 193 Å². The third kappa shape index (κ3) is 6.30. The number of nitrogens with zero attached hydrogens (tertiary/aromatic N) is 2. The van der Waals surface area contributed by atoms with Crippen molar-refractivity contribution in [2.24, 2.45) is 0 Å². The van der Waals surface area contributed by atoms with E-state index < -0.39 is 38.0 Å². The van der Waals surface area contributed by atoms with Crippen molar-refractivity contribution in [3.63, 3.8) is 0 Å². The van der Waals surface area contributed by atoms with Gasteiger partial charge < -0.3 is 9.64 Å². The minimum absolute atomic E-state index is 0.0853. The highest BCUT2D eigenvalue weighted by Crippen LogP contribution is 2.18. The number of carbonyl (C=O) groups excluding carboxylic acids is 2. The minimum atomic E-state index is -3.64. The highest BCUT2D eigenvalue weighted by atomic mass is 32.2. The van der Waals surface area contributed by atoms with Crippen LogP contribution < -0.4 is 4.72 Å². The number of sulfonamides is 2. The largest absolute Gasteiger partial charge is 0.449 e. The monoisotopic (exact) mass is 495 g/mol. The molecule has 0 bridgehead atoms. The normalized spacial score (nSPS) is 16.1. The van der Waals surface area contributed by atoms with Crippen LogP contribution in [0.2, 0.25) is 0 Å². The number of ether oxygens (including phenoxy) is 1.